The van der Waals surface area contributed by atoms with Crippen molar-refractivity contribution in [2.24, 2.45) is 0 Å². The first-order valence-corrected chi connectivity index (χ1v) is 9.86. The molecule has 1 atom stereocenters. The molecule has 2 heterocycles. The van der Waals surface area contributed by atoms with Crippen molar-refractivity contribution in [1.82, 2.24) is 20.0 Å². The van der Waals surface area contributed by atoms with Gasteiger partial charge in [-0.05, 0) is 49.4 Å². The molecule has 3 aromatic rings. The lowest BCUT2D eigenvalue weighted by Crippen LogP contribution is -2.11. The highest BCUT2D eigenvalue weighted by molar-refractivity contribution is 7.54. The number of rotatable bonds is 8. The summed E-state index contributed by atoms with van der Waals surface area (Å²) in [4.78, 5) is 0. The Bertz CT molecular complexity index is 903. The van der Waals surface area contributed by atoms with Crippen molar-refractivity contribution in [2.45, 2.75) is 26.6 Å². The van der Waals surface area contributed by atoms with E-state index in [2.05, 4.69) is 15.5 Å². The summed E-state index contributed by atoms with van der Waals surface area (Å²) in [5, 5.41) is 12.5. The van der Waals surface area contributed by atoms with E-state index >= 15 is 0 Å². The number of fused-ring (bicyclic) bond motifs is 3. The lowest BCUT2D eigenvalue weighted by atomic mass is 10.1. The maximum Gasteiger partial charge on any atom is 0.363 e. The molecule has 1 unspecified atom stereocenters. The fraction of sp³-hybridized carbons (Fsp3) is 0.438. The Morgan fingerprint density at radius 3 is 2.52 bits per heavy atom. The first kappa shape index (κ1) is 17.9. The molecule has 0 spiro atoms. The van der Waals surface area contributed by atoms with Crippen molar-refractivity contribution in [3.05, 3.63) is 35.9 Å². The van der Waals surface area contributed by atoms with Gasteiger partial charge in [0, 0.05) is 17.6 Å². The second-order valence-corrected chi connectivity index (χ2v) is 7.31. The summed E-state index contributed by atoms with van der Waals surface area (Å²) in [5.41, 5.74) is 2.15. The van der Waals surface area contributed by atoms with Crippen LogP contribution < -0.4 is 0 Å². The molecule has 0 amide bonds. The van der Waals surface area contributed by atoms with Crippen LogP contribution in [0.15, 0.2) is 30.3 Å². The molecule has 0 aliphatic carbocycles. The number of ether oxygens (including phenoxy) is 1. The zero-order chi connectivity index (χ0) is 17.9. The minimum absolute atomic E-state index is 0.267. The fourth-order valence-corrected chi connectivity index (χ4v) is 4.78. The van der Waals surface area contributed by atoms with Crippen LogP contribution in [0.1, 0.15) is 32.2 Å². The van der Waals surface area contributed by atoms with E-state index in [1.807, 2.05) is 31.2 Å². The number of hydrogen-bond donors (Lipinski definition) is 0. The summed E-state index contributed by atoms with van der Waals surface area (Å²) in [7, 11) is -3.50. The highest BCUT2D eigenvalue weighted by Crippen LogP contribution is 2.62. The van der Waals surface area contributed by atoms with Crippen molar-refractivity contribution in [2.75, 3.05) is 19.8 Å². The largest absolute Gasteiger partial charge is 0.363 e. The Morgan fingerprint density at radius 2 is 1.84 bits per heavy atom. The van der Waals surface area contributed by atoms with E-state index in [9.17, 15) is 4.57 Å². The first-order chi connectivity index (χ1) is 12.1. The highest BCUT2D eigenvalue weighted by Gasteiger charge is 2.38. The van der Waals surface area contributed by atoms with E-state index < -0.39 is 13.4 Å². The molecule has 9 heteroatoms. The van der Waals surface area contributed by atoms with E-state index in [0.29, 0.717) is 12.3 Å². The van der Waals surface area contributed by atoms with Crippen LogP contribution in [-0.2, 0) is 18.3 Å². The monoisotopic (exact) mass is 364 g/mol. The normalized spacial score (nSPS) is 13.6. The summed E-state index contributed by atoms with van der Waals surface area (Å²) < 4.78 is 31.8. The maximum absolute atomic E-state index is 13.3. The fourth-order valence-electron chi connectivity index (χ4n) is 2.82. The quantitative estimate of drug-likeness (QED) is 0.565. The van der Waals surface area contributed by atoms with Gasteiger partial charge in [0.1, 0.15) is 0 Å². The van der Waals surface area contributed by atoms with Crippen molar-refractivity contribution in [3.63, 3.8) is 0 Å². The lowest BCUT2D eigenvalue weighted by molar-refractivity contribution is 0.0790. The number of pyridine rings is 1. The second kappa shape index (κ2) is 7.58. The van der Waals surface area contributed by atoms with Crippen LogP contribution in [0.2, 0.25) is 0 Å². The smallest absolute Gasteiger partial charge is 0.361 e. The standard InChI is InChI=1S/C16H21N4O4P/c1-4-22-16(25(21,23-5-2)24-6-3)13-8-7-9-14-12(13)10-11-15-17-18-19-20(14)15/h7-11,16H,4-6H2,1-3H3. The number of nitrogens with zero attached hydrogens (tertiary/aromatic N) is 4. The topological polar surface area (TPSA) is 87.8 Å². The first-order valence-electron chi connectivity index (χ1n) is 8.24. The zero-order valence-corrected chi connectivity index (χ0v) is 15.3. The predicted molar refractivity (Wildman–Crippen MR) is 93.5 cm³/mol. The van der Waals surface area contributed by atoms with Crippen LogP contribution in [0.25, 0.3) is 16.6 Å². The van der Waals surface area contributed by atoms with Crippen LogP contribution in [0.4, 0.5) is 0 Å². The number of hydrogen-bond acceptors (Lipinski definition) is 7. The van der Waals surface area contributed by atoms with Gasteiger partial charge in [0.25, 0.3) is 0 Å². The van der Waals surface area contributed by atoms with Crippen molar-refractivity contribution in [1.29, 1.82) is 0 Å². The van der Waals surface area contributed by atoms with Gasteiger partial charge in [0.05, 0.1) is 18.7 Å². The van der Waals surface area contributed by atoms with Gasteiger partial charge < -0.3 is 13.8 Å². The molecule has 0 aliphatic heterocycles. The molecule has 8 nitrogen and oxygen atoms in total. The van der Waals surface area contributed by atoms with E-state index in [4.69, 9.17) is 13.8 Å². The summed E-state index contributed by atoms with van der Waals surface area (Å²) in [5.74, 6) is -0.824. The van der Waals surface area contributed by atoms with Gasteiger partial charge in [-0.15, -0.1) is 5.10 Å². The third-order valence-corrected chi connectivity index (χ3v) is 5.97. The molecule has 0 bridgehead atoms. The molecule has 2 aromatic heterocycles. The number of tetrazole rings is 1. The maximum atomic E-state index is 13.3. The third-order valence-electron chi connectivity index (χ3n) is 3.73. The third kappa shape index (κ3) is 3.30. The van der Waals surface area contributed by atoms with E-state index in [-0.39, 0.29) is 13.2 Å². The van der Waals surface area contributed by atoms with Gasteiger partial charge in [-0.25, -0.2) is 0 Å². The molecule has 0 N–H and O–H groups in total. The predicted octanol–water partition coefficient (Wildman–Crippen LogP) is 3.58. The molecule has 0 saturated carbocycles. The minimum atomic E-state index is -3.50. The lowest BCUT2D eigenvalue weighted by Gasteiger charge is -2.27. The highest BCUT2D eigenvalue weighted by atomic mass is 31.2. The Labute approximate surface area is 145 Å². The minimum Gasteiger partial charge on any atom is -0.361 e. The average Bonchev–Trinajstić information content (AvgIpc) is 3.09. The molecule has 0 fully saturated rings. The van der Waals surface area contributed by atoms with E-state index in [1.54, 1.807) is 24.4 Å². The van der Waals surface area contributed by atoms with Gasteiger partial charge in [-0.2, -0.15) is 4.52 Å². The van der Waals surface area contributed by atoms with Crippen LogP contribution >= 0.6 is 7.60 Å². The van der Waals surface area contributed by atoms with Crippen LogP contribution in [-0.4, -0.2) is 39.9 Å². The molecule has 0 radical (unpaired) electrons. The summed E-state index contributed by atoms with van der Waals surface area (Å²) in [6, 6.07) is 9.32. The summed E-state index contributed by atoms with van der Waals surface area (Å²) >= 11 is 0. The molecular formula is C16H21N4O4P. The van der Waals surface area contributed by atoms with Gasteiger partial charge in [0.15, 0.2) is 11.5 Å². The molecule has 1 aromatic carbocycles. The van der Waals surface area contributed by atoms with E-state index in [1.165, 1.54) is 0 Å². The Kier molecular flexibility index (Phi) is 5.44. The van der Waals surface area contributed by atoms with Crippen molar-refractivity contribution < 1.29 is 18.3 Å². The average molecular weight is 364 g/mol. The SMILES string of the molecule is CCOC(c1cccc2c1ccc1nnnn12)P(=O)(OCC)OCC. The van der Waals surface area contributed by atoms with E-state index in [0.717, 1.165) is 16.5 Å². The van der Waals surface area contributed by atoms with Crippen molar-refractivity contribution in [3.8, 4) is 0 Å². The van der Waals surface area contributed by atoms with Crippen LogP contribution in [0, 0.1) is 0 Å². The zero-order valence-electron chi connectivity index (χ0n) is 14.5. The molecule has 0 saturated heterocycles. The molecule has 3 rings (SSSR count). The van der Waals surface area contributed by atoms with Gasteiger partial charge in [0.2, 0.25) is 0 Å². The summed E-state index contributed by atoms with van der Waals surface area (Å²) in [6.07, 6.45) is 0. The molecule has 134 valence electrons. The number of benzene rings is 1. The van der Waals surface area contributed by atoms with Gasteiger partial charge >= 0.3 is 7.60 Å². The van der Waals surface area contributed by atoms with Crippen molar-refractivity contribution >= 4 is 24.1 Å². The van der Waals surface area contributed by atoms with Crippen LogP contribution in [0.3, 0.4) is 0 Å². The van der Waals surface area contributed by atoms with Gasteiger partial charge in [-0.3, -0.25) is 4.57 Å². The Balaban J connectivity index is 2.20. The number of aromatic nitrogens is 4. The molecule has 25 heavy (non-hydrogen) atoms. The Morgan fingerprint density at radius 1 is 1.08 bits per heavy atom. The Hall–Kier alpha value is -1.86. The van der Waals surface area contributed by atoms with Gasteiger partial charge in [-0.1, -0.05) is 12.1 Å². The molecular weight excluding hydrogens is 343 g/mol. The van der Waals surface area contributed by atoms with Crippen LogP contribution in [0.5, 0.6) is 0 Å². The molecule has 0 aliphatic rings. The second-order valence-electron chi connectivity index (χ2n) is 5.25. The summed E-state index contributed by atoms with van der Waals surface area (Å²) in [6.45, 7) is 6.31.